The normalized spacial score (nSPS) is 22.5. The summed E-state index contributed by atoms with van der Waals surface area (Å²) in [4.78, 5) is 25.5. The van der Waals surface area contributed by atoms with E-state index in [4.69, 9.17) is 5.73 Å². The number of halogens is 2. The van der Waals surface area contributed by atoms with E-state index < -0.39 is 0 Å². The minimum Gasteiger partial charge on any atom is -0.368 e. The Labute approximate surface area is 173 Å². The zero-order valence-electron chi connectivity index (χ0n) is 15.7. The average Bonchev–Trinajstić information content (AvgIpc) is 2.87. The Bertz CT molecular complexity index is 659. The zero-order chi connectivity index (χ0) is 17.2. The molecule has 27 heavy (non-hydrogen) atoms. The maximum atomic E-state index is 11.9. The number of hydrogen-bond acceptors (Lipinski definition) is 6. The quantitative estimate of drug-likeness (QED) is 0.774. The van der Waals surface area contributed by atoms with Crippen molar-refractivity contribution in [3.63, 3.8) is 0 Å². The van der Waals surface area contributed by atoms with Gasteiger partial charge in [0, 0.05) is 51.1 Å². The van der Waals surface area contributed by atoms with Crippen molar-refractivity contribution in [2.24, 2.45) is 5.92 Å². The Morgan fingerprint density at radius 2 is 1.89 bits per heavy atom. The number of carbonyl (C=O) groups excluding carboxylic acids is 1. The molecule has 4 heterocycles. The molecule has 152 valence electrons. The van der Waals surface area contributed by atoms with Crippen molar-refractivity contribution in [2.45, 2.75) is 38.5 Å². The molecule has 1 aromatic heterocycles. The minimum absolute atomic E-state index is 0. The second kappa shape index (κ2) is 9.75. The molecule has 0 aliphatic carbocycles. The van der Waals surface area contributed by atoms with Crippen LogP contribution in [0.2, 0.25) is 0 Å². The molecule has 2 saturated heterocycles. The minimum atomic E-state index is 0. The standard InChI is InChI=1S/C18H28N6O.2ClH/c19-18-21-15-6-8-20-7-5-14(15)17(22-18)24-10-1-3-13(12-24)11-23-9-2-4-16(23)25;;/h13,20H,1-12H2,(H2,19,21,22);2*1H. The van der Waals surface area contributed by atoms with Gasteiger partial charge in [-0.3, -0.25) is 4.79 Å². The number of piperidine rings is 1. The van der Waals surface area contributed by atoms with E-state index in [1.165, 1.54) is 12.0 Å². The first-order chi connectivity index (χ1) is 12.2. The monoisotopic (exact) mass is 416 g/mol. The number of anilines is 2. The average molecular weight is 417 g/mol. The maximum absolute atomic E-state index is 11.9. The van der Waals surface area contributed by atoms with Gasteiger partial charge in [0.2, 0.25) is 11.9 Å². The van der Waals surface area contributed by atoms with Crippen molar-refractivity contribution in [1.29, 1.82) is 0 Å². The summed E-state index contributed by atoms with van der Waals surface area (Å²) in [5.74, 6) is 2.26. The molecule has 1 aromatic rings. The van der Waals surface area contributed by atoms with Crippen LogP contribution in [-0.4, -0.2) is 60.0 Å². The lowest BCUT2D eigenvalue weighted by Gasteiger charge is -2.36. The van der Waals surface area contributed by atoms with Crippen LogP contribution in [0.3, 0.4) is 0 Å². The van der Waals surface area contributed by atoms with E-state index in [1.807, 2.05) is 4.90 Å². The fourth-order valence-corrected chi connectivity index (χ4v) is 4.42. The number of amides is 1. The lowest BCUT2D eigenvalue weighted by atomic mass is 9.96. The Balaban J connectivity index is 0.00000131. The fraction of sp³-hybridized carbons (Fsp3) is 0.722. The summed E-state index contributed by atoms with van der Waals surface area (Å²) in [7, 11) is 0. The van der Waals surface area contributed by atoms with Gasteiger partial charge in [-0.2, -0.15) is 4.98 Å². The molecule has 0 aromatic carbocycles. The molecule has 3 aliphatic rings. The molecule has 0 radical (unpaired) electrons. The predicted octanol–water partition coefficient (Wildman–Crippen LogP) is 1.43. The van der Waals surface area contributed by atoms with Gasteiger partial charge >= 0.3 is 0 Å². The van der Waals surface area contributed by atoms with E-state index in [1.54, 1.807) is 0 Å². The first kappa shape index (κ1) is 22.0. The maximum Gasteiger partial charge on any atom is 0.222 e. The van der Waals surface area contributed by atoms with Crippen LogP contribution in [0.25, 0.3) is 0 Å². The topological polar surface area (TPSA) is 87.4 Å². The first-order valence-corrected chi connectivity index (χ1v) is 9.59. The smallest absolute Gasteiger partial charge is 0.222 e. The molecule has 4 rings (SSSR count). The van der Waals surface area contributed by atoms with Crippen molar-refractivity contribution in [1.82, 2.24) is 20.2 Å². The summed E-state index contributed by atoms with van der Waals surface area (Å²) in [6, 6.07) is 0. The van der Waals surface area contributed by atoms with E-state index in [-0.39, 0.29) is 24.8 Å². The van der Waals surface area contributed by atoms with Crippen molar-refractivity contribution >= 4 is 42.5 Å². The van der Waals surface area contributed by atoms with Crippen molar-refractivity contribution in [3.8, 4) is 0 Å². The molecule has 7 nitrogen and oxygen atoms in total. The summed E-state index contributed by atoms with van der Waals surface area (Å²) >= 11 is 0. The lowest BCUT2D eigenvalue weighted by molar-refractivity contribution is -0.128. The highest BCUT2D eigenvalue weighted by atomic mass is 35.5. The largest absolute Gasteiger partial charge is 0.368 e. The molecule has 3 N–H and O–H groups in total. The van der Waals surface area contributed by atoms with Crippen LogP contribution in [0.5, 0.6) is 0 Å². The Hall–Kier alpha value is -1.31. The van der Waals surface area contributed by atoms with Crippen LogP contribution < -0.4 is 16.0 Å². The number of nitrogens with two attached hydrogens (primary N) is 1. The number of likely N-dealkylation sites (tertiary alicyclic amines) is 1. The van der Waals surface area contributed by atoms with Gasteiger partial charge in [0.25, 0.3) is 0 Å². The van der Waals surface area contributed by atoms with Crippen LogP contribution in [0, 0.1) is 5.92 Å². The van der Waals surface area contributed by atoms with Crippen LogP contribution in [0.4, 0.5) is 11.8 Å². The third kappa shape index (κ3) is 4.95. The van der Waals surface area contributed by atoms with E-state index in [9.17, 15) is 4.79 Å². The molecule has 1 amide bonds. The number of carbonyl (C=O) groups is 1. The van der Waals surface area contributed by atoms with Gasteiger partial charge in [0.15, 0.2) is 0 Å². The van der Waals surface area contributed by atoms with Gasteiger partial charge in [-0.25, -0.2) is 4.98 Å². The van der Waals surface area contributed by atoms with E-state index >= 15 is 0 Å². The van der Waals surface area contributed by atoms with E-state index in [2.05, 4.69) is 20.2 Å². The Morgan fingerprint density at radius 3 is 2.67 bits per heavy atom. The second-order valence-corrected chi connectivity index (χ2v) is 7.48. The molecule has 2 fully saturated rings. The number of fused-ring (bicyclic) bond motifs is 1. The number of rotatable bonds is 3. The van der Waals surface area contributed by atoms with Crippen molar-refractivity contribution < 1.29 is 4.79 Å². The molecule has 0 saturated carbocycles. The highest BCUT2D eigenvalue weighted by Crippen LogP contribution is 2.29. The summed E-state index contributed by atoms with van der Waals surface area (Å²) in [6.45, 7) is 5.70. The van der Waals surface area contributed by atoms with Gasteiger partial charge in [0.05, 0.1) is 5.69 Å². The van der Waals surface area contributed by atoms with Gasteiger partial charge in [-0.15, -0.1) is 24.8 Å². The van der Waals surface area contributed by atoms with Gasteiger partial charge in [-0.05, 0) is 38.1 Å². The first-order valence-electron chi connectivity index (χ1n) is 9.59. The number of aromatic nitrogens is 2. The second-order valence-electron chi connectivity index (χ2n) is 7.48. The fourth-order valence-electron chi connectivity index (χ4n) is 4.42. The van der Waals surface area contributed by atoms with Gasteiger partial charge in [-0.1, -0.05) is 0 Å². The lowest BCUT2D eigenvalue weighted by Crippen LogP contribution is -2.42. The molecular weight excluding hydrogens is 387 g/mol. The summed E-state index contributed by atoms with van der Waals surface area (Å²) in [5.41, 5.74) is 8.37. The molecular formula is C18H30Cl2N6O. The molecule has 3 aliphatic heterocycles. The number of hydrogen-bond donors (Lipinski definition) is 2. The third-order valence-electron chi connectivity index (χ3n) is 5.65. The van der Waals surface area contributed by atoms with Gasteiger partial charge in [0.1, 0.15) is 5.82 Å². The summed E-state index contributed by atoms with van der Waals surface area (Å²) < 4.78 is 0. The van der Waals surface area contributed by atoms with Crippen LogP contribution in [0.15, 0.2) is 0 Å². The summed E-state index contributed by atoms with van der Waals surface area (Å²) in [6.07, 6.45) is 5.93. The highest BCUT2D eigenvalue weighted by molar-refractivity contribution is 5.85. The Morgan fingerprint density at radius 1 is 1.07 bits per heavy atom. The number of nitrogens with one attached hydrogen (secondary N) is 1. The number of nitrogens with zero attached hydrogens (tertiary/aromatic N) is 4. The van der Waals surface area contributed by atoms with E-state index in [0.717, 1.165) is 82.9 Å². The molecule has 0 bridgehead atoms. The SMILES string of the molecule is Cl.Cl.Nc1nc2c(c(N3CCCC(CN4CCCC4=O)C3)n1)CCNCC2. The third-order valence-corrected chi connectivity index (χ3v) is 5.65. The molecule has 1 atom stereocenters. The molecule has 0 spiro atoms. The van der Waals surface area contributed by atoms with Gasteiger partial charge < -0.3 is 20.9 Å². The molecule has 9 heteroatoms. The van der Waals surface area contributed by atoms with Crippen LogP contribution in [0.1, 0.15) is 36.9 Å². The predicted molar refractivity (Wildman–Crippen MR) is 112 cm³/mol. The zero-order valence-corrected chi connectivity index (χ0v) is 17.3. The van der Waals surface area contributed by atoms with E-state index in [0.29, 0.717) is 17.8 Å². The number of nitrogen functional groups attached to an aromatic ring is 1. The van der Waals surface area contributed by atoms with Crippen molar-refractivity contribution in [3.05, 3.63) is 11.3 Å². The van der Waals surface area contributed by atoms with Crippen LogP contribution >= 0.6 is 24.8 Å². The van der Waals surface area contributed by atoms with Crippen LogP contribution in [-0.2, 0) is 17.6 Å². The Kier molecular flexibility index (Phi) is 7.94. The van der Waals surface area contributed by atoms with Crippen molar-refractivity contribution in [2.75, 3.05) is 49.9 Å². The molecule has 1 unspecified atom stereocenters. The summed E-state index contributed by atoms with van der Waals surface area (Å²) in [5, 5.41) is 3.43. The highest BCUT2D eigenvalue weighted by Gasteiger charge is 2.29.